The molecule has 1 amide bonds. The van der Waals surface area contributed by atoms with Crippen molar-refractivity contribution in [3.05, 3.63) is 87.4 Å². The van der Waals surface area contributed by atoms with Crippen molar-refractivity contribution in [2.24, 2.45) is 0 Å². The molecule has 0 aliphatic heterocycles. The highest BCUT2D eigenvalue weighted by Crippen LogP contribution is 2.11. The molecule has 6 nitrogen and oxygen atoms in total. The Hall–Kier alpha value is -3.03. The molecule has 2 N–H and O–H groups in total. The summed E-state index contributed by atoms with van der Waals surface area (Å²) in [6.45, 7) is 4.20. The number of hydrogen-bond acceptors (Lipinski definition) is 4. The molecule has 0 atom stereocenters. The molecule has 1 heterocycles. The normalized spacial score (nSPS) is 10.6. The lowest BCUT2D eigenvalue weighted by molar-refractivity contribution is 0.0233. The van der Waals surface area contributed by atoms with Crippen LogP contribution >= 0.6 is 12.2 Å². The summed E-state index contributed by atoms with van der Waals surface area (Å²) >= 11 is 5.20. The van der Waals surface area contributed by atoms with E-state index in [9.17, 15) is 9.59 Å². The van der Waals surface area contributed by atoms with E-state index in [4.69, 9.17) is 17.1 Å². The van der Waals surface area contributed by atoms with Crippen LogP contribution in [0, 0.1) is 4.77 Å². The van der Waals surface area contributed by atoms with Gasteiger partial charge >= 0.3 is 0 Å². The highest BCUT2D eigenvalue weighted by Gasteiger charge is 2.10. The second-order valence-electron chi connectivity index (χ2n) is 5.60. The number of aromatic amines is 1. The van der Waals surface area contributed by atoms with Crippen LogP contribution in [0.15, 0.2) is 66.0 Å². The molecule has 7 heteroatoms. The fraction of sp³-hybridized carbons (Fsp3) is 0.105. The Labute approximate surface area is 154 Å². The van der Waals surface area contributed by atoms with Crippen LogP contribution < -0.4 is 11.0 Å². The number of nitrogens with one attached hydrogen (secondary N) is 2. The van der Waals surface area contributed by atoms with Crippen molar-refractivity contribution in [2.45, 2.75) is 13.2 Å². The van der Waals surface area contributed by atoms with Crippen LogP contribution in [0.25, 0.3) is 10.9 Å². The summed E-state index contributed by atoms with van der Waals surface area (Å²) in [5, 5.41) is 0.446. The first-order valence-electron chi connectivity index (χ1n) is 7.94. The number of benzene rings is 2. The lowest BCUT2D eigenvalue weighted by Gasteiger charge is -2.08. The van der Waals surface area contributed by atoms with Crippen molar-refractivity contribution in [1.29, 1.82) is 0 Å². The Kier molecular flexibility index (Phi) is 5.40. The number of rotatable bonds is 6. The van der Waals surface area contributed by atoms with Crippen LogP contribution in [0.5, 0.6) is 0 Å². The van der Waals surface area contributed by atoms with Gasteiger partial charge in [0.25, 0.3) is 11.5 Å². The Bertz CT molecular complexity index is 1070. The molecule has 132 valence electrons. The molecule has 0 aliphatic carbocycles. The molecule has 0 saturated heterocycles. The van der Waals surface area contributed by atoms with Gasteiger partial charge in [-0.3, -0.25) is 19.0 Å². The largest absolute Gasteiger partial charge is 0.332 e. The van der Waals surface area contributed by atoms with E-state index in [1.165, 1.54) is 4.57 Å². The zero-order chi connectivity index (χ0) is 18.5. The first-order chi connectivity index (χ1) is 12.6. The molecule has 3 aromatic rings. The smallest absolute Gasteiger partial charge is 0.274 e. The zero-order valence-electron chi connectivity index (χ0n) is 13.9. The van der Waals surface area contributed by atoms with Gasteiger partial charge in [-0.15, -0.1) is 6.58 Å². The number of H-pyrrole nitrogens is 1. The van der Waals surface area contributed by atoms with E-state index >= 15 is 0 Å². The Morgan fingerprint density at radius 1 is 1.27 bits per heavy atom. The second kappa shape index (κ2) is 7.90. The lowest BCUT2D eigenvalue weighted by atomic mass is 10.1. The van der Waals surface area contributed by atoms with Crippen LogP contribution in [0.3, 0.4) is 0 Å². The first-order valence-corrected chi connectivity index (χ1v) is 8.35. The number of aromatic nitrogens is 2. The zero-order valence-corrected chi connectivity index (χ0v) is 14.7. The van der Waals surface area contributed by atoms with E-state index in [2.05, 4.69) is 17.0 Å². The van der Waals surface area contributed by atoms with E-state index < -0.39 is 5.91 Å². The van der Waals surface area contributed by atoms with Gasteiger partial charge in [0.2, 0.25) is 0 Å². The Balaban J connectivity index is 1.79. The number of nitrogens with zero attached hydrogens (tertiary/aromatic N) is 1. The summed E-state index contributed by atoms with van der Waals surface area (Å²) in [5.74, 6) is -0.405. The summed E-state index contributed by atoms with van der Waals surface area (Å²) in [4.78, 5) is 32.9. The number of amides is 1. The predicted octanol–water partition coefficient (Wildman–Crippen LogP) is 3.11. The maximum atomic E-state index is 12.5. The minimum atomic E-state index is -0.405. The number of carbonyl (C=O) groups is 1. The van der Waals surface area contributed by atoms with Crippen molar-refractivity contribution >= 4 is 29.0 Å². The SMILES string of the molecule is C=CCn1c(=S)[nH]c2cc(C(=O)NOCc3ccccc3)ccc2c1=O. The molecule has 0 spiro atoms. The highest BCUT2D eigenvalue weighted by atomic mass is 32.1. The van der Waals surface area contributed by atoms with Crippen LogP contribution in [0.1, 0.15) is 15.9 Å². The van der Waals surface area contributed by atoms with Crippen LogP contribution in [-0.2, 0) is 18.0 Å². The van der Waals surface area contributed by atoms with Crippen LogP contribution in [0.4, 0.5) is 0 Å². The van der Waals surface area contributed by atoms with E-state index in [-0.39, 0.29) is 16.9 Å². The van der Waals surface area contributed by atoms with Crippen molar-refractivity contribution in [3.63, 3.8) is 0 Å². The molecule has 0 fully saturated rings. The molecule has 0 aliphatic rings. The fourth-order valence-corrected chi connectivity index (χ4v) is 2.78. The van der Waals surface area contributed by atoms with Gasteiger partial charge in [-0.25, -0.2) is 5.48 Å². The molecular formula is C19H17N3O3S. The number of allylic oxidation sites excluding steroid dienone is 1. The van der Waals surface area contributed by atoms with E-state index in [1.54, 1.807) is 24.3 Å². The van der Waals surface area contributed by atoms with Crippen molar-refractivity contribution in [2.75, 3.05) is 0 Å². The van der Waals surface area contributed by atoms with Gasteiger partial charge in [-0.2, -0.15) is 0 Å². The third-order valence-electron chi connectivity index (χ3n) is 3.80. The number of fused-ring (bicyclic) bond motifs is 1. The molecule has 1 aromatic heterocycles. The molecule has 2 aromatic carbocycles. The van der Waals surface area contributed by atoms with Gasteiger partial charge in [-0.05, 0) is 36.0 Å². The average molecular weight is 367 g/mol. The monoisotopic (exact) mass is 367 g/mol. The van der Waals surface area contributed by atoms with E-state index in [0.29, 0.717) is 23.0 Å². The van der Waals surface area contributed by atoms with Gasteiger partial charge in [0, 0.05) is 12.1 Å². The second-order valence-corrected chi connectivity index (χ2v) is 5.99. The van der Waals surface area contributed by atoms with Gasteiger partial charge < -0.3 is 4.98 Å². The summed E-state index contributed by atoms with van der Waals surface area (Å²) in [7, 11) is 0. The van der Waals surface area contributed by atoms with E-state index in [1.807, 2.05) is 30.3 Å². The quantitative estimate of drug-likeness (QED) is 0.399. The molecular weight excluding hydrogens is 350 g/mol. The third kappa shape index (κ3) is 3.79. The first kappa shape index (κ1) is 17.8. The Morgan fingerprint density at radius 3 is 2.77 bits per heavy atom. The predicted molar refractivity (Wildman–Crippen MR) is 102 cm³/mol. The van der Waals surface area contributed by atoms with Crippen molar-refractivity contribution in [1.82, 2.24) is 15.0 Å². The summed E-state index contributed by atoms with van der Waals surface area (Å²) in [6, 6.07) is 14.2. The van der Waals surface area contributed by atoms with Crippen molar-refractivity contribution in [3.8, 4) is 0 Å². The average Bonchev–Trinajstić information content (AvgIpc) is 2.65. The Morgan fingerprint density at radius 2 is 2.04 bits per heavy atom. The van der Waals surface area contributed by atoms with Crippen molar-refractivity contribution < 1.29 is 9.63 Å². The summed E-state index contributed by atoms with van der Waals surface area (Å²) in [6.07, 6.45) is 1.60. The minimum Gasteiger partial charge on any atom is -0.332 e. The third-order valence-corrected chi connectivity index (χ3v) is 4.12. The fourth-order valence-electron chi connectivity index (χ4n) is 2.51. The standard InChI is InChI=1S/C19H17N3O3S/c1-2-10-22-18(24)15-9-8-14(11-16(15)20-19(22)26)17(23)21-25-12-13-6-4-3-5-7-13/h2-9,11H,1,10,12H2,(H,20,26)(H,21,23). The van der Waals surface area contributed by atoms with Gasteiger partial charge in [0.1, 0.15) is 0 Å². The highest BCUT2D eigenvalue weighted by molar-refractivity contribution is 7.71. The van der Waals surface area contributed by atoms with Crippen LogP contribution in [0.2, 0.25) is 0 Å². The molecule has 0 saturated carbocycles. The number of hydrogen-bond donors (Lipinski definition) is 2. The number of hydroxylamine groups is 1. The molecule has 0 radical (unpaired) electrons. The van der Waals surface area contributed by atoms with Crippen LogP contribution in [-0.4, -0.2) is 15.5 Å². The van der Waals surface area contributed by atoms with E-state index in [0.717, 1.165) is 5.56 Å². The topological polar surface area (TPSA) is 76.1 Å². The summed E-state index contributed by atoms with van der Waals surface area (Å²) in [5.41, 5.74) is 3.97. The molecule has 0 bridgehead atoms. The maximum absolute atomic E-state index is 12.5. The minimum absolute atomic E-state index is 0.226. The van der Waals surface area contributed by atoms with Gasteiger partial charge in [0.05, 0.1) is 17.5 Å². The lowest BCUT2D eigenvalue weighted by Crippen LogP contribution is -2.24. The summed E-state index contributed by atoms with van der Waals surface area (Å²) < 4.78 is 1.69. The molecule has 26 heavy (non-hydrogen) atoms. The molecule has 0 unspecified atom stereocenters. The maximum Gasteiger partial charge on any atom is 0.274 e. The number of carbonyl (C=O) groups excluding carboxylic acids is 1. The van der Waals surface area contributed by atoms with Gasteiger partial charge in [0.15, 0.2) is 4.77 Å². The van der Waals surface area contributed by atoms with Gasteiger partial charge in [-0.1, -0.05) is 36.4 Å². The molecule has 3 rings (SSSR count).